The standard InChI is InChI=1S/C23H22F3N3OS/c24-23(25,26)21-16-7-2-3-8-18(16)28-22(17(21)14-27)31-13-5-10-20(30)29-12-11-15-6-1-4-9-19(15)29/h1,4,6,9H,2-3,5,7-8,10-13H2. The summed E-state index contributed by atoms with van der Waals surface area (Å²) in [6.07, 6.45) is -0.637. The number of para-hydroxylation sites is 1. The number of pyridine rings is 1. The molecule has 1 amide bonds. The molecule has 0 N–H and O–H groups in total. The van der Waals surface area contributed by atoms with E-state index in [0.29, 0.717) is 50.1 Å². The van der Waals surface area contributed by atoms with Crippen molar-refractivity contribution in [3.63, 3.8) is 0 Å². The van der Waals surface area contributed by atoms with E-state index in [9.17, 15) is 23.2 Å². The Balaban J connectivity index is 1.44. The number of aryl methyl sites for hydroxylation is 1. The number of rotatable bonds is 5. The zero-order valence-corrected chi connectivity index (χ0v) is 17.8. The monoisotopic (exact) mass is 445 g/mol. The molecule has 8 heteroatoms. The number of anilines is 1. The largest absolute Gasteiger partial charge is 0.418 e. The number of thioether (sulfide) groups is 1. The first-order chi connectivity index (χ1) is 14.9. The van der Waals surface area contributed by atoms with E-state index in [1.54, 1.807) is 11.0 Å². The van der Waals surface area contributed by atoms with Crippen LogP contribution in [0.4, 0.5) is 18.9 Å². The second-order valence-electron chi connectivity index (χ2n) is 7.78. The van der Waals surface area contributed by atoms with Gasteiger partial charge in [-0.25, -0.2) is 4.98 Å². The number of aromatic nitrogens is 1. The highest BCUT2D eigenvalue weighted by molar-refractivity contribution is 7.99. The Bertz CT molecular complexity index is 1050. The van der Waals surface area contributed by atoms with Gasteiger partial charge in [0.15, 0.2) is 0 Å². The van der Waals surface area contributed by atoms with Crippen LogP contribution in [0.3, 0.4) is 0 Å². The van der Waals surface area contributed by atoms with Crippen molar-refractivity contribution >= 4 is 23.4 Å². The molecule has 0 fully saturated rings. The first-order valence-electron chi connectivity index (χ1n) is 10.4. The van der Waals surface area contributed by atoms with Gasteiger partial charge in [0.25, 0.3) is 0 Å². The van der Waals surface area contributed by atoms with Gasteiger partial charge in [0.2, 0.25) is 5.91 Å². The number of benzene rings is 1. The molecule has 162 valence electrons. The molecule has 31 heavy (non-hydrogen) atoms. The summed E-state index contributed by atoms with van der Waals surface area (Å²) < 4.78 is 41.3. The molecule has 0 saturated heterocycles. The van der Waals surface area contributed by atoms with Gasteiger partial charge in [-0.1, -0.05) is 18.2 Å². The molecule has 1 aromatic carbocycles. The molecule has 0 bridgehead atoms. The molecular formula is C23H22F3N3OS. The summed E-state index contributed by atoms with van der Waals surface area (Å²) in [5.74, 6) is 0.444. The third kappa shape index (κ3) is 4.42. The summed E-state index contributed by atoms with van der Waals surface area (Å²) in [5.41, 5.74) is 1.55. The number of fused-ring (bicyclic) bond motifs is 2. The van der Waals surface area contributed by atoms with E-state index in [0.717, 1.165) is 35.9 Å². The predicted octanol–water partition coefficient (Wildman–Crippen LogP) is 5.31. The number of alkyl halides is 3. The minimum atomic E-state index is -4.58. The number of nitrogens with zero attached hydrogens (tertiary/aromatic N) is 3. The first-order valence-corrected chi connectivity index (χ1v) is 11.4. The molecular weight excluding hydrogens is 423 g/mol. The van der Waals surface area contributed by atoms with Crippen molar-refractivity contribution in [2.45, 2.75) is 56.1 Å². The van der Waals surface area contributed by atoms with Crippen LogP contribution in [-0.2, 0) is 30.2 Å². The van der Waals surface area contributed by atoms with Gasteiger partial charge in [0, 0.05) is 30.1 Å². The van der Waals surface area contributed by atoms with Crippen molar-refractivity contribution in [2.75, 3.05) is 17.2 Å². The van der Waals surface area contributed by atoms with Crippen LogP contribution in [-0.4, -0.2) is 23.2 Å². The predicted molar refractivity (Wildman–Crippen MR) is 113 cm³/mol. The zero-order valence-electron chi connectivity index (χ0n) is 17.0. The van der Waals surface area contributed by atoms with Crippen LogP contribution >= 0.6 is 11.8 Å². The second-order valence-corrected chi connectivity index (χ2v) is 8.87. The Labute approximate surface area is 183 Å². The van der Waals surface area contributed by atoms with Gasteiger partial charge in [-0.15, -0.1) is 11.8 Å². The van der Waals surface area contributed by atoms with Crippen LogP contribution in [0.1, 0.15) is 53.6 Å². The minimum absolute atomic E-state index is 0.0143. The maximum atomic E-state index is 13.8. The molecule has 2 heterocycles. The molecule has 0 saturated carbocycles. The Hall–Kier alpha value is -2.53. The fraction of sp³-hybridized carbons (Fsp3) is 0.435. The van der Waals surface area contributed by atoms with Crippen LogP contribution in [0.5, 0.6) is 0 Å². The van der Waals surface area contributed by atoms with Gasteiger partial charge < -0.3 is 4.90 Å². The molecule has 0 atom stereocenters. The smallest absolute Gasteiger partial charge is 0.312 e. The molecule has 0 spiro atoms. The molecule has 0 unspecified atom stereocenters. The number of halogens is 3. The lowest BCUT2D eigenvalue weighted by Gasteiger charge is -2.23. The van der Waals surface area contributed by atoms with Crippen molar-refractivity contribution in [2.24, 2.45) is 0 Å². The summed E-state index contributed by atoms with van der Waals surface area (Å²) in [6.45, 7) is 0.658. The molecule has 4 rings (SSSR count). The zero-order chi connectivity index (χ0) is 22.0. The third-order valence-corrected chi connectivity index (χ3v) is 6.86. The van der Waals surface area contributed by atoms with Gasteiger partial charge in [-0.05, 0) is 55.7 Å². The highest BCUT2D eigenvalue weighted by Crippen LogP contribution is 2.41. The average molecular weight is 446 g/mol. The normalized spacial score (nSPS) is 15.4. The van der Waals surface area contributed by atoms with E-state index < -0.39 is 11.7 Å². The second kappa shape index (κ2) is 8.91. The number of hydrogen-bond acceptors (Lipinski definition) is 4. The lowest BCUT2D eigenvalue weighted by atomic mass is 9.90. The quantitative estimate of drug-likeness (QED) is 0.462. The van der Waals surface area contributed by atoms with Crippen molar-refractivity contribution in [3.05, 3.63) is 52.2 Å². The van der Waals surface area contributed by atoms with Crippen LogP contribution in [0.2, 0.25) is 0 Å². The maximum absolute atomic E-state index is 13.8. The summed E-state index contributed by atoms with van der Waals surface area (Å²) >= 11 is 1.14. The lowest BCUT2D eigenvalue weighted by molar-refractivity contribution is -0.138. The van der Waals surface area contributed by atoms with Gasteiger partial charge in [0.1, 0.15) is 11.1 Å². The van der Waals surface area contributed by atoms with Crippen molar-refractivity contribution < 1.29 is 18.0 Å². The van der Waals surface area contributed by atoms with Gasteiger partial charge in [0.05, 0.1) is 11.1 Å². The Kier molecular flexibility index (Phi) is 6.24. The third-order valence-electron chi connectivity index (χ3n) is 5.80. The van der Waals surface area contributed by atoms with Gasteiger partial charge in [-0.2, -0.15) is 18.4 Å². The van der Waals surface area contributed by atoms with Crippen LogP contribution in [0.25, 0.3) is 0 Å². The molecule has 2 aromatic rings. The highest BCUT2D eigenvalue weighted by Gasteiger charge is 2.39. The average Bonchev–Trinajstić information content (AvgIpc) is 3.19. The number of amides is 1. The molecule has 0 radical (unpaired) electrons. The number of carbonyl (C=O) groups is 1. The molecule has 4 nitrogen and oxygen atoms in total. The van der Waals surface area contributed by atoms with Crippen LogP contribution < -0.4 is 4.90 Å². The molecule has 2 aliphatic rings. The van der Waals surface area contributed by atoms with E-state index in [-0.39, 0.29) is 22.1 Å². The van der Waals surface area contributed by atoms with Crippen molar-refractivity contribution in [3.8, 4) is 6.07 Å². The van der Waals surface area contributed by atoms with E-state index in [1.807, 2.05) is 24.3 Å². The highest BCUT2D eigenvalue weighted by atomic mass is 32.2. The van der Waals surface area contributed by atoms with Gasteiger partial charge in [-0.3, -0.25) is 4.79 Å². The van der Waals surface area contributed by atoms with Crippen LogP contribution in [0.15, 0.2) is 29.3 Å². The summed E-state index contributed by atoms with van der Waals surface area (Å²) in [4.78, 5) is 18.8. The van der Waals surface area contributed by atoms with E-state index >= 15 is 0 Å². The number of hydrogen-bond donors (Lipinski definition) is 0. The minimum Gasteiger partial charge on any atom is -0.312 e. The Morgan fingerprint density at radius 2 is 1.97 bits per heavy atom. The van der Waals surface area contributed by atoms with E-state index in [2.05, 4.69) is 4.98 Å². The maximum Gasteiger partial charge on any atom is 0.418 e. The molecule has 1 aliphatic heterocycles. The summed E-state index contributed by atoms with van der Waals surface area (Å²) in [5, 5.41) is 9.62. The summed E-state index contributed by atoms with van der Waals surface area (Å²) in [7, 11) is 0. The van der Waals surface area contributed by atoms with Crippen molar-refractivity contribution in [1.29, 1.82) is 5.26 Å². The molecule has 1 aromatic heterocycles. The first kappa shape index (κ1) is 21.7. The van der Waals surface area contributed by atoms with E-state index in [4.69, 9.17) is 0 Å². The fourth-order valence-electron chi connectivity index (χ4n) is 4.36. The lowest BCUT2D eigenvalue weighted by Crippen LogP contribution is -2.28. The topological polar surface area (TPSA) is 57.0 Å². The Morgan fingerprint density at radius 3 is 2.74 bits per heavy atom. The Morgan fingerprint density at radius 1 is 1.19 bits per heavy atom. The SMILES string of the molecule is N#Cc1c(SCCCC(=O)N2CCc3ccccc32)nc2c(c1C(F)(F)F)CCCC2. The summed E-state index contributed by atoms with van der Waals surface area (Å²) in [6, 6.07) is 9.56. The van der Waals surface area contributed by atoms with Crippen LogP contribution in [0, 0.1) is 11.3 Å². The fourth-order valence-corrected chi connectivity index (χ4v) is 5.31. The number of carbonyl (C=O) groups excluding carboxylic acids is 1. The van der Waals surface area contributed by atoms with E-state index in [1.165, 1.54) is 0 Å². The van der Waals surface area contributed by atoms with Crippen molar-refractivity contribution in [1.82, 2.24) is 4.98 Å². The van der Waals surface area contributed by atoms with Gasteiger partial charge >= 0.3 is 6.18 Å². The number of nitriles is 1. The molecule has 1 aliphatic carbocycles.